The number of fused-ring (bicyclic) bond motifs is 1. The van der Waals surface area contributed by atoms with Gasteiger partial charge in [-0.15, -0.1) is 0 Å². The second kappa shape index (κ2) is 10.1. The lowest BCUT2D eigenvalue weighted by Gasteiger charge is -2.15. The fourth-order valence-electron chi connectivity index (χ4n) is 3.71. The van der Waals surface area contributed by atoms with E-state index in [9.17, 15) is 9.59 Å². The number of ether oxygens (including phenoxy) is 3. The molecule has 0 bridgehead atoms. The highest BCUT2D eigenvalue weighted by molar-refractivity contribution is 5.95. The molecule has 0 unspecified atom stereocenters. The van der Waals surface area contributed by atoms with Crippen LogP contribution in [0.2, 0.25) is 0 Å². The highest BCUT2D eigenvalue weighted by Crippen LogP contribution is 2.41. The van der Waals surface area contributed by atoms with Crippen LogP contribution in [0.5, 0.6) is 17.2 Å². The van der Waals surface area contributed by atoms with Crippen molar-refractivity contribution < 1.29 is 23.8 Å². The molecule has 4 aromatic rings. The number of carbonyl (C=O) groups excluding carboxylic acids is 2. The first kappa shape index (κ1) is 23.6. The van der Waals surface area contributed by atoms with Gasteiger partial charge in [-0.1, -0.05) is 6.07 Å². The van der Waals surface area contributed by atoms with Gasteiger partial charge in [0, 0.05) is 23.5 Å². The maximum Gasteiger partial charge on any atom is 0.269 e. The number of amides is 2. The minimum atomic E-state index is -0.447. The van der Waals surface area contributed by atoms with Gasteiger partial charge in [0.2, 0.25) is 5.75 Å². The van der Waals surface area contributed by atoms with Gasteiger partial charge in [-0.25, -0.2) is 4.98 Å². The standard InChI is InChI=1S/C25H25N5O5/c1-15-5-6-18-19(11-15)30(14-22(31)28-29-25(32)16-7-9-26-10-8-16)24(27-18)17-12-20(33-2)23(35-4)21(13-17)34-3/h5-13H,14H2,1-4H3,(H,28,31)(H,29,32). The molecule has 0 saturated heterocycles. The summed E-state index contributed by atoms with van der Waals surface area (Å²) < 4.78 is 18.2. The van der Waals surface area contributed by atoms with Crippen molar-refractivity contribution in [3.8, 4) is 28.6 Å². The van der Waals surface area contributed by atoms with Gasteiger partial charge in [0.05, 0.1) is 32.4 Å². The lowest BCUT2D eigenvalue weighted by Crippen LogP contribution is -2.43. The lowest BCUT2D eigenvalue weighted by molar-refractivity contribution is -0.122. The summed E-state index contributed by atoms with van der Waals surface area (Å²) in [5.41, 5.74) is 8.43. The van der Waals surface area contributed by atoms with Crippen LogP contribution >= 0.6 is 0 Å². The maximum absolute atomic E-state index is 12.8. The Hall–Kier alpha value is -4.60. The molecule has 0 aliphatic rings. The Balaban J connectivity index is 1.69. The van der Waals surface area contributed by atoms with Gasteiger partial charge < -0.3 is 18.8 Å². The normalized spacial score (nSPS) is 10.6. The fraction of sp³-hybridized carbons (Fsp3) is 0.200. The van der Waals surface area contributed by atoms with E-state index in [2.05, 4.69) is 15.8 Å². The van der Waals surface area contributed by atoms with Crippen LogP contribution in [0.3, 0.4) is 0 Å². The van der Waals surface area contributed by atoms with Crippen molar-refractivity contribution in [1.82, 2.24) is 25.4 Å². The topological polar surface area (TPSA) is 117 Å². The number of hydrogen-bond donors (Lipinski definition) is 2. The predicted octanol–water partition coefficient (Wildman–Crippen LogP) is 2.89. The molecule has 0 saturated carbocycles. The van der Waals surface area contributed by atoms with Gasteiger partial charge in [0.1, 0.15) is 12.4 Å². The van der Waals surface area contributed by atoms with Crippen LogP contribution in [-0.2, 0) is 11.3 Å². The number of hydrogen-bond acceptors (Lipinski definition) is 7. The number of aryl methyl sites for hydroxylation is 1. The summed E-state index contributed by atoms with van der Waals surface area (Å²) in [6.45, 7) is 1.87. The summed E-state index contributed by atoms with van der Waals surface area (Å²) in [7, 11) is 4.60. The molecule has 10 nitrogen and oxygen atoms in total. The maximum atomic E-state index is 12.8. The third-order valence-electron chi connectivity index (χ3n) is 5.39. The van der Waals surface area contributed by atoms with Gasteiger partial charge in [0.15, 0.2) is 11.5 Å². The number of nitrogens with one attached hydrogen (secondary N) is 2. The second-order valence-electron chi connectivity index (χ2n) is 7.67. The van der Waals surface area contributed by atoms with E-state index in [1.807, 2.05) is 25.1 Å². The zero-order chi connectivity index (χ0) is 24.9. The number of rotatable bonds is 7. The smallest absolute Gasteiger partial charge is 0.269 e. The van der Waals surface area contributed by atoms with E-state index in [1.54, 1.807) is 28.8 Å². The first-order valence-corrected chi connectivity index (χ1v) is 10.7. The molecule has 4 rings (SSSR count). The number of methoxy groups -OCH3 is 3. The highest BCUT2D eigenvalue weighted by Gasteiger charge is 2.20. The van der Waals surface area contributed by atoms with Crippen molar-refractivity contribution in [2.45, 2.75) is 13.5 Å². The van der Waals surface area contributed by atoms with Crippen LogP contribution in [-0.4, -0.2) is 47.7 Å². The monoisotopic (exact) mass is 475 g/mol. The average molecular weight is 476 g/mol. The number of carbonyl (C=O) groups is 2. The van der Waals surface area contributed by atoms with E-state index in [1.165, 1.54) is 33.7 Å². The molecule has 0 aliphatic heterocycles. The van der Waals surface area contributed by atoms with Gasteiger partial charge in [-0.2, -0.15) is 0 Å². The Morgan fingerprint density at radius 1 is 0.914 bits per heavy atom. The Kier molecular flexibility index (Phi) is 6.81. The molecular formula is C25H25N5O5. The van der Waals surface area contributed by atoms with E-state index in [0.717, 1.165) is 11.1 Å². The fourth-order valence-corrected chi connectivity index (χ4v) is 3.71. The zero-order valence-electron chi connectivity index (χ0n) is 19.8. The molecule has 0 aliphatic carbocycles. The lowest BCUT2D eigenvalue weighted by atomic mass is 10.1. The summed E-state index contributed by atoms with van der Waals surface area (Å²) in [5, 5.41) is 0. The Morgan fingerprint density at radius 2 is 1.60 bits per heavy atom. The van der Waals surface area contributed by atoms with Crippen molar-refractivity contribution >= 4 is 22.8 Å². The first-order chi connectivity index (χ1) is 16.9. The van der Waals surface area contributed by atoms with Crippen LogP contribution in [0.4, 0.5) is 0 Å². The predicted molar refractivity (Wildman–Crippen MR) is 129 cm³/mol. The molecule has 2 aromatic carbocycles. The Bertz CT molecular complexity index is 1360. The van der Waals surface area contributed by atoms with Crippen molar-refractivity contribution in [3.05, 3.63) is 66.0 Å². The van der Waals surface area contributed by atoms with Crippen LogP contribution < -0.4 is 25.1 Å². The number of benzene rings is 2. The summed E-state index contributed by atoms with van der Waals surface area (Å²) in [4.78, 5) is 33.8. The van der Waals surface area contributed by atoms with Gasteiger partial charge in [-0.3, -0.25) is 25.4 Å². The minimum absolute atomic E-state index is 0.0947. The summed E-state index contributed by atoms with van der Waals surface area (Å²) in [5.74, 6) is 1.03. The number of imidazole rings is 1. The molecule has 2 aromatic heterocycles. The van der Waals surface area contributed by atoms with Crippen LogP contribution in [0, 0.1) is 6.92 Å². The molecule has 0 spiro atoms. The SMILES string of the molecule is COc1cc(-c2nc3ccc(C)cc3n2CC(=O)NNC(=O)c2ccncc2)cc(OC)c1OC. The second-order valence-corrected chi connectivity index (χ2v) is 7.67. The molecule has 10 heteroatoms. The first-order valence-electron chi connectivity index (χ1n) is 10.7. The van der Waals surface area contributed by atoms with Gasteiger partial charge in [-0.05, 0) is 48.9 Å². The average Bonchev–Trinajstić information content (AvgIpc) is 3.23. The number of pyridine rings is 1. The molecule has 0 fully saturated rings. The Labute approximate surface area is 201 Å². The van der Waals surface area contributed by atoms with Crippen molar-refractivity contribution in [2.75, 3.05) is 21.3 Å². The van der Waals surface area contributed by atoms with E-state index in [-0.39, 0.29) is 6.54 Å². The third kappa shape index (κ3) is 4.86. The van der Waals surface area contributed by atoms with Crippen molar-refractivity contribution in [1.29, 1.82) is 0 Å². The van der Waals surface area contributed by atoms with E-state index in [0.29, 0.717) is 39.7 Å². The van der Waals surface area contributed by atoms with Crippen LogP contribution in [0.25, 0.3) is 22.4 Å². The van der Waals surface area contributed by atoms with Crippen LogP contribution in [0.1, 0.15) is 15.9 Å². The summed E-state index contributed by atoms with van der Waals surface area (Å²) >= 11 is 0. The largest absolute Gasteiger partial charge is 0.493 e. The molecular weight excluding hydrogens is 450 g/mol. The molecule has 2 heterocycles. The minimum Gasteiger partial charge on any atom is -0.493 e. The Morgan fingerprint density at radius 3 is 2.23 bits per heavy atom. The zero-order valence-corrected chi connectivity index (χ0v) is 19.8. The highest BCUT2D eigenvalue weighted by atomic mass is 16.5. The van der Waals surface area contributed by atoms with Crippen molar-refractivity contribution in [2.24, 2.45) is 0 Å². The molecule has 2 amide bonds. The molecule has 35 heavy (non-hydrogen) atoms. The summed E-state index contributed by atoms with van der Waals surface area (Å²) in [6, 6.07) is 12.4. The third-order valence-corrected chi connectivity index (χ3v) is 5.39. The molecule has 2 N–H and O–H groups in total. The van der Waals surface area contributed by atoms with Crippen molar-refractivity contribution in [3.63, 3.8) is 0 Å². The number of aromatic nitrogens is 3. The van der Waals surface area contributed by atoms with E-state index in [4.69, 9.17) is 19.2 Å². The quantitative estimate of drug-likeness (QED) is 0.395. The van der Waals surface area contributed by atoms with Gasteiger partial charge >= 0.3 is 0 Å². The van der Waals surface area contributed by atoms with E-state index >= 15 is 0 Å². The van der Waals surface area contributed by atoms with Crippen LogP contribution in [0.15, 0.2) is 54.9 Å². The molecule has 180 valence electrons. The molecule has 0 radical (unpaired) electrons. The summed E-state index contributed by atoms with van der Waals surface area (Å²) in [6.07, 6.45) is 3.00. The van der Waals surface area contributed by atoms with E-state index < -0.39 is 11.8 Å². The number of nitrogens with zero attached hydrogens (tertiary/aromatic N) is 3. The molecule has 0 atom stereocenters. The number of hydrazine groups is 1. The van der Waals surface area contributed by atoms with Gasteiger partial charge in [0.25, 0.3) is 11.8 Å².